The molecular formula is C13H18N2. The first-order valence-electron chi connectivity index (χ1n) is 5.42. The fraction of sp³-hybridized carbons (Fsp3) is 0.385. The Bertz CT molecular complexity index is 480. The van der Waals surface area contributed by atoms with Crippen LogP contribution in [0.4, 0.5) is 0 Å². The zero-order valence-electron chi connectivity index (χ0n) is 9.62. The molecule has 0 spiro atoms. The fourth-order valence-corrected chi connectivity index (χ4v) is 2.16. The number of fused-ring (bicyclic) bond motifs is 1. The summed E-state index contributed by atoms with van der Waals surface area (Å²) in [5.74, 6) is 0.543. The highest BCUT2D eigenvalue weighted by Gasteiger charge is 2.11. The molecule has 0 saturated heterocycles. The van der Waals surface area contributed by atoms with Crippen LogP contribution in [-0.2, 0) is 13.6 Å². The van der Waals surface area contributed by atoms with Crippen LogP contribution in [0.5, 0.6) is 0 Å². The second kappa shape index (κ2) is 3.70. The summed E-state index contributed by atoms with van der Waals surface area (Å²) in [4.78, 5) is 0. The van der Waals surface area contributed by atoms with E-state index in [0.717, 1.165) is 0 Å². The zero-order valence-corrected chi connectivity index (χ0v) is 9.62. The van der Waals surface area contributed by atoms with Crippen LogP contribution in [-0.4, -0.2) is 4.57 Å². The van der Waals surface area contributed by atoms with E-state index in [1.165, 1.54) is 22.0 Å². The first-order valence-corrected chi connectivity index (χ1v) is 5.42. The molecule has 0 aliphatic carbocycles. The molecule has 1 heterocycles. The van der Waals surface area contributed by atoms with Gasteiger partial charge in [-0.05, 0) is 23.1 Å². The minimum atomic E-state index is 0.543. The third-order valence-electron chi connectivity index (χ3n) is 2.97. The summed E-state index contributed by atoms with van der Waals surface area (Å²) in [6.07, 6.45) is 2.22. The van der Waals surface area contributed by atoms with Gasteiger partial charge in [-0.2, -0.15) is 0 Å². The number of hydrogen-bond acceptors (Lipinski definition) is 1. The van der Waals surface area contributed by atoms with Crippen LogP contribution in [0, 0.1) is 0 Å². The van der Waals surface area contributed by atoms with Gasteiger partial charge in [-0.15, -0.1) is 0 Å². The number of benzene rings is 1. The van der Waals surface area contributed by atoms with Crippen molar-refractivity contribution in [2.24, 2.45) is 12.8 Å². The minimum absolute atomic E-state index is 0.543. The molecule has 2 aromatic rings. The Morgan fingerprint density at radius 2 is 2.07 bits per heavy atom. The molecule has 2 heteroatoms. The Balaban J connectivity index is 2.82. The van der Waals surface area contributed by atoms with Crippen LogP contribution in [0.1, 0.15) is 30.9 Å². The van der Waals surface area contributed by atoms with E-state index < -0.39 is 0 Å². The normalized spacial score (nSPS) is 11.5. The molecule has 0 aliphatic heterocycles. The first-order chi connectivity index (χ1) is 7.15. The molecule has 2 rings (SSSR count). The molecule has 0 bridgehead atoms. The smallest absolute Gasteiger partial charge is 0.0483 e. The molecule has 0 saturated carbocycles. The van der Waals surface area contributed by atoms with Crippen molar-refractivity contribution in [2.45, 2.75) is 26.3 Å². The summed E-state index contributed by atoms with van der Waals surface area (Å²) in [6.45, 7) is 5.06. The van der Waals surface area contributed by atoms with Crippen molar-refractivity contribution >= 4 is 10.9 Å². The van der Waals surface area contributed by atoms with Crippen LogP contribution in [0.2, 0.25) is 0 Å². The fourth-order valence-electron chi connectivity index (χ4n) is 2.16. The number of rotatable bonds is 2. The van der Waals surface area contributed by atoms with E-state index in [4.69, 9.17) is 5.73 Å². The molecule has 0 atom stereocenters. The highest BCUT2D eigenvalue weighted by molar-refractivity contribution is 5.87. The highest BCUT2D eigenvalue weighted by Crippen LogP contribution is 2.29. The third kappa shape index (κ3) is 1.55. The lowest BCUT2D eigenvalue weighted by atomic mass is 9.99. The van der Waals surface area contributed by atoms with Gasteiger partial charge in [0.15, 0.2) is 0 Å². The number of nitrogens with two attached hydrogens (primary N) is 1. The number of hydrogen-bond donors (Lipinski definition) is 1. The van der Waals surface area contributed by atoms with E-state index in [0.29, 0.717) is 12.5 Å². The largest absolute Gasteiger partial charge is 0.350 e. The van der Waals surface area contributed by atoms with Gasteiger partial charge in [-0.25, -0.2) is 0 Å². The maximum atomic E-state index is 5.78. The van der Waals surface area contributed by atoms with Crippen molar-refractivity contribution in [3.63, 3.8) is 0 Å². The second-order valence-electron chi connectivity index (χ2n) is 4.37. The van der Waals surface area contributed by atoms with Gasteiger partial charge in [0.2, 0.25) is 0 Å². The van der Waals surface area contributed by atoms with Gasteiger partial charge >= 0.3 is 0 Å². The molecule has 1 aromatic carbocycles. The van der Waals surface area contributed by atoms with Crippen LogP contribution in [0.15, 0.2) is 24.4 Å². The van der Waals surface area contributed by atoms with Crippen LogP contribution < -0.4 is 5.73 Å². The lowest BCUT2D eigenvalue weighted by molar-refractivity contribution is 0.856. The van der Waals surface area contributed by atoms with Gasteiger partial charge in [0.1, 0.15) is 0 Å². The Kier molecular flexibility index (Phi) is 2.53. The first kappa shape index (κ1) is 10.2. The van der Waals surface area contributed by atoms with Crippen LogP contribution in [0.25, 0.3) is 10.9 Å². The van der Waals surface area contributed by atoms with Crippen molar-refractivity contribution in [3.05, 3.63) is 35.5 Å². The van der Waals surface area contributed by atoms with Crippen molar-refractivity contribution < 1.29 is 0 Å². The van der Waals surface area contributed by atoms with Gasteiger partial charge in [-0.3, -0.25) is 0 Å². The van der Waals surface area contributed by atoms with Crippen LogP contribution in [0.3, 0.4) is 0 Å². The SMILES string of the molecule is CC(C)c1cn(C)c2cccc(CN)c12. The number of aryl methyl sites for hydroxylation is 1. The van der Waals surface area contributed by atoms with Crippen molar-refractivity contribution in [2.75, 3.05) is 0 Å². The van der Waals surface area contributed by atoms with E-state index in [-0.39, 0.29) is 0 Å². The maximum absolute atomic E-state index is 5.78. The van der Waals surface area contributed by atoms with Gasteiger partial charge in [0.25, 0.3) is 0 Å². The minimum Gasteiger partial charge on any atom is -0.350 e. The Labute approximate surface area is 90.7 Å². The highest BCUT2D eigenvalue weighted by atomic mass is 14.9. The predicted molar refractivity (Wildman–Crippen MR) is 64.9 cm³/mol. The number of aromatic nitrogens is 1. The summed E-state index contributed by atoms with van der Waals surface area (Å²) in [5.41, 5.74) is 9.71. The average Bonchev–Trinajstić information content (AvgIpc) is 2.56. The molecular weight excluding hydrogens is 184 g/mol. The molecule has 1 aromatic heterocycles. The summed E-state index contributed by atoms with van der Waals surface area (Å²) >= 11 is 0. The van der Waals surface area contributed by atoms with Crippen molar-refractivity contribution in [1.82, 2.24) is 4.57 Å². The summed E-state index contributed by atoms with van der Waals surface area (Å²) in [5, 5.41) is 1.34. The van der Waals surface area contributed by atoms with Gasteiger partial charge in [-0.1, -0.05) is 26.0 Å². The standard InChI is InChI=1S/C13H18N2/c1-9(2)11-8-15(3)12-6-4-5-10(7-14)13(11)12/h4-6,8-9H,7,14H2,1-3H3. The molecule has 2 nitrogen and oxygen atoms in total. The molecule has 0 aliphatic rings. The van der Waals surface area contributed by atoms with Crippen LogP contribution >= 0.6 is 0 Å². The molecule has 80 valence electrons. The Morgan fingerprint density at radius 1 is 1.33 bits per heavy atom. The summed E-state index contributed by atoms with van der Waals surface area (Å²) in [6, 6.07) is 6.35. The van der Waals surface area contributed by atoms with E-state index >= 15 is 0 Å². The van der Waals surface area contributed by atoms with Gasteiger partial charge in [0.05, 0.1) is 0 Å². The van der Waals surface area contributed by atoms with Gasteiger partial charge in [0, 0.05) is 30.7 Å². The lowest BCUT2D eigenvalue weighted by Gasteiger charge is -2.06. The Morgan fingerprint density at radius 3 is 2.67 bits per heavy atom. The van der Waals surface area contributed by atoms with E-state index in [1.54, 1.807) is 0 Å². The maximum Gasteiger partial charge on any atom is 0.0483 e. The molecule has 0 fully saturated rings. The molecule has 0 radical (unpaired) electrons. The molecule has 0 amide bonds. The second-order valence-corrected chi connectivity index (χ2v) is 4.37. The van der Waals surface area contributed by atoms with E-state index in [9.17, 15) is 0 Å². The number of nitrogens with zero attached hydrogens (tertiary/aromatic N) is 1. The quantitative estimate of drug-likeness (QED) is 0.797. The zero-order chi connectivity index (χ0) is 11.0. The molecule has 2 N–H and O–H groups in total. The monoisotopic (exact) mass is 202 g/mol. The van der Waals surface area contributed by atoms with Crippen molar-refractivity contribution in [1.29, 1.82) is 0 Å². The molecule has 15 heavy (non-hydrogen) atoms. The van der Waals surface area contributed by atoms with Gasteiger partial charge < -0.3 is 10.3 Å². The molecule has 0 unspecified atom stereocenters. The third-order valence-corrected chi connectivity index (χ3v) is 2.97. The average molecular weight is 202 g/mol. The van der Waals surface area contributed by atoms with Crippen molar-refractivity contribution in [3.8, 4) is 0 Å². The predicted octanol–water partition coefficient (Wildman–Crippen LogP) is 2.76. The summed E-state index contributed by atoms with van der Waals surface area (Å²) < 4.78 is 2.18. The lowest BCUT2D eigenvalue weighted by Crippen LogP contribution is -1.98. The van der Waals surface area contributed by atoms with E-state index in [1.807, 2.05) is 0 Å². The Hall–Kier alpha value is -1.28. The summed E-state index contributed by atoms with van der Waals surface area (Å²) in [7, 11) is 2.09. The van der Waals surface area contributed by atoms with E-state index in [2.05, 4.69) is 49.9 Å². The topological polar surface area (TPSA) is 30.9 Å².